The zero-order chi connectivity index (χ0) is 17.5. The lowest BCUT2D eigenvalue weighted by Crippen LogP contribution is -2.02. The van der Waals surface area contributed by atoms with Gasteiger partial charge in [-0.15, -0.1) is 12.4 Å². The van der Waals surface area contributed by atoms with Gasteiger partial charge >= 0.3 is 0 Å². The van der Waals surface area contributed by atoms with Gasteiger partial charge in [0.15, 0.2) is 0 Å². The van der Waals surface area contributed by atoms with Crippen molar-refractivity contribution >= 4 is 12.4 Å². The Kier molecular flexibility index (Phi) is 7.45. The molecule has 0 atom stereocenters. The molecule has 3 aromatic rings. The van der Waals surface area contributed by atoms with Gasteiger partial charge < -0.3 is 15.2 Å². The average molecular weight is 371 g/mol. The third-order valence-electron chi connectivity index (χ3n) is 3.89. The fourth-order valence-electron chi connectivity index (χ4n) is 2.56. The van der Waals surface area contributed by atoms with Crippen LogP contribution >= 0.6 is 12.4 Å². The van der Waals surface area contributed by atoms with Crippen LogP contribution in [0.25, 0.3) is 11.1 Å². The zero-order valence-corrected chi connectivity index (χ0v) is 15.5. The van der Waals surface area contributed by atoms with Crippen LogP contribution in [0.3, 0.4) is 0 Å². The van der Waals surface area contributed by atoms with Crippen LogP contribution in [0.15, 0.2) is 66.9 Å². The lowest BCUT2D eigenvalue weighted by molar-refractivity contribution is 0.294. The quantitative estimate of drug-likeness (QED) is 0.660. The molecular weight excluding hydrogens is 348 g/mol. The molecule has 0 aliphatic carbocycles. The van der Waals surface area contributed by atoms with Crippen molar-refractivity contribution in [1.82, 2.24) is 4.98 Å². The second-order valence-corrected chi connectivity index (χ2v) is 5.62. The van der Waals surface area contributed by atoms with Crippen molar-refractivity contribution in [2.75, 3.05) is 6.61 Å². The van der Waals surface area contributed by atoms with Crippen molar-refractivity contribution in [3.63, 3.8) is 0 Å². The zero-order valence-electron chi connectivity index (χ0n) is 14.7. The Morgan fingerprint density at radius 1 is 0.923 bits per heavy atom. The molecule has 2 aromatic carbocycles. The highest BCUT2D eigenvalue weighted by atomic mass is 35.5. The van der Waals surface area contributed by atoms with Crippen molar-refractivity contribution in [1.29, 1.82) is 0 Å². The standard InChI is InChI=1S/C21H22N2O2.ClH/c1-2-24-20-12-17(8-9-18(20)13-22)19-10-11-21(23-14-19)25-15-16-6-4-3-5-7-16;/h3-12,14H,2,13,15,22H2,1H3;1H. The maximum Gasteiger partial charge on any atom is 0.213 e. The molecule has 26 heavy (non-hydrogen) atoms. The molecule has 0 radical (unpaired) electrons. The molecule has 0 saturated heterocycles. The number of nitrogens with zero attached hydrogens (tertiary/aromatic N) is 1. The Morgan fingerprint density at radius 2 is 1.69 bits per heavy atom. The lowest BCUT2D eigenvalue weighted by atomic mass is 10.0. The minimum Gasteiger partial charge on any atom is -0.494 e. The summed E-state index contributed by atoms with van der Waals surface area (Å²) < 4.78 is 11.4. The van der Waals surface area contributed by atoms with Crippen LogP contribution < -0.4 is 15.2 Å². The van der Waals surface area contributed by atoms with Crippen LogP contribution in [0.1, 0.15) is 18.1 Å². The van der Waals surface area contributed by atoms with Gasteiger partial charge in [-0.25, -0.2) is 4.98 Å². The van der Waals surface area contributed by atoms with Crippen LogP contribution in [0, 0.1) is 0 Å². The van der Waals surface area contributed by atoms with E-state index in [-0.39, 0.29) is 12.4 Å². The molecule has 0 fully saturated rings. The van der Waals surface area contributed by atoms with Gasteiger partial charge in [-0.2, -0.15) is 0 Å². The third-order valence-corrected chi connectivity index (χ3v) is 3.89. The van der Waals surface area contributed by atoms with E-state index in [0.717, 1.165) is 28.0 Å². The van der Waals surface area contributed by atoms with E-state index < -0.39 is 0 Å². The minimum absolute atomic E-state index is 0. The van der Waals surface area contributed by atoms with Crippen molar-refractivity contribution in [2.45, 2.75) is 20.1 Å². The van der Waals surface area contributed by atoms with E-state index >= 15 is 0 Å². The predicted octanol–water partition coefficient (Wildman–Crippen LogP) is 4.61. The van der Waals surface area contributed by atoms with Crippen molar-refractivity contribution < 1.29 is 9.47 Å². The molecule has 1 heterocycles. The van der Waals surface area contributed by atoms with E-state index in [1.54, 1.807) is 0 Å². The van der Waals surface area contributed by atoms with Gasteiger partial charge in [0.1, 0.15) is 12.4 Å². The van der Waals surface area contributed by atoms with E-state index in [9.17, 15) is 0 Å². The van der Waals surface area contributed by atoms with Crippen LogP contribution in [0.4, 0.5) is 0 Å². The minimum atomic E-state index is 0. The number of benzene rings is 2. The number of rotatable bonds is 7. The van der Waals surface area contributed by atoms with Gasteiger partial charge in [-0.05, 0) is 30.2 Å². The second-order valence-electron chi connectivity index (χ2n) is 5.62. The number of pyridine rings is 1. The van der Waals surface area contributed by atoms with Crippen LogP contribution in [0.5, 0.6) is 11.6 Å². The van der Waals surface area contributed by atoms with Gasteiger partial charge in [-0.3, -0.25) is 0 Å². The first-order chi connectivity index (χ1) is 12.3. The first-order valence-electron chi connectivity index (χ1n) is 8.39. The second kappa shape index (κ2) is 9.80. The van der Waals surface area contributed by atoms with E-state index in [0.29, 0.717) is 25.6 Å². The van der Waals surface area contributed by atoms with E-state index in [1.165, 1.54) is 0 Å². The smallest absolute Gasteiger partial charge is 0.213 e. The Bertz CT molecular complexity index is 808. The lowest BCUT2D eigenvalue weighted by Gasteiger charge is -2.11. The number of aromatic nitrogens is 1. The van der Waals surface area contributed by atoms with Crippen LogP contribution in [0.2, 0.25) is 0 Å². The van der Waals surface area contributed by atoms with Gasteiger partial charge in [0.05, 0.1) is 6.61 Å². The van der Waals surface area contributed by atoms with Crippen LogP contribution in [-0.2, 0) is 13.2 Å². The molecule has 0 saturated carbocycles. The molecule has 5 heteroatoms. The average Bonchev–Trinajstić information content (AvgIpc) is 2.68. The highest BCUT2D eigenvalue weighted by molar-refractivity contribution is 5.85. The number of halogens is 1. The van der Waals surface area contributed by atoms with Gasteiger partial charge in [0.2, 0.25) is 5.88 Å². The number of nitrogens with two attached hydrogens (primary N) is 1. The van der Waals surface area contributed by atoms with Crippen molar-refractivity contribution in [3.05, 3.63) is 78.0 Å². The fourth-order valence-corrected chi connectivity index (χ4v) is 2.56. The van der Waals surface area contributed by atoms with E-state index in [2.05, 4.69) is 4.98 Å². The maximum absolute atomic E-state index is 5.76. The molecule has 0 aliphatic rings. The highest BCUT2D eigenvalue weighted by Gasteiger charge is 2.06. The summed E-state index contributed by atoms with van der Waals surface area (Å²) >= 11 is 0. The first-order valence-corrected chi connectivity index (χ1v) is 8.39. The van der Waals surface area contributed by atoms with Crippen LogP contribution in [-0.4, -0.2) is 11.6 Å². The summed E-state index contributed by atoms with van der Waals surface area (Å²) in [6.45, 7) is 3.54. The normalized spacial score (nSPS) is 10.1. The summed E-state index contributed by atoms with van der Waals surface area (Å²) in [4.78, 5) is 4.40. The third kappa shape index (κ3) is 4.97. The molecule has 0 unspecified atom stereocenters. The topological polar surface area (TPSA) is 57.4 Å². The van der Waals surface area contributed by atoms with E-state index in [4.69, 9.17) is 15.2 Å². The fraction of sp³-hybridized carbons (Fsp3) is 0.190. The summed E-state index contributed by atoms with van der Waals surface area (Å²) in [7, 11) is 0. The molecule has 1 aromatic heterocycles. The number of hydrogen-bond acceptors (Lipinski definition) is 4. The Morgan fingerprint density at radius 3 is 2.35 bits per heavy atom. The monoisotopic (exact) mass is 370 g/mol. The molecule has 0 aliphatic heterocycles. The van der Waals surface area contributed by atoms with Gasteiger partial charge in [-0.1, -0.05) is 42.5 Å². The van der Waals surface area contributed by atoms with Crippen molar-refractivity contribution in [3.8, 4) is 22.8 Å². The summed E-state index contributed by atoms with van der Waals surface area (Å²) in [6.07, 6.45) is 1.81. The SMILES string of the molecule is CCOc1cc(-c2ccc(OCc3ccccc3)nc2)ccc1CN.Cl. The summed E-state index contributed by atoms with van der Waals surface area (Å²) in [5.41, 5.74) is 9.94. The van der Waals surface area contributed by atoms with Crippen molar-refractivity contribution in [2.24, 2.45) is 5.73 Å². The maximum atomic E-state index is 5.76. The highest BCUT2D eigenvalue weighted by Crippen LogP contribution is 2.28. The summed E-state index contributed by atoms with van der Waals surface area (Å²) in [6, 6.07) is 20.0. The molecule has 136 valence electrons. The summed E-state index contributed by atoms with van der Waals surface area (Å²) in [5.74, 6) is 1.43. The Balaban J connectivity index is 0.00000243. The van der Waals surface area contributed by atoms with E-state index in [1.807, 2.05) is 73.8 Å². The molecular formula is C21H23ClN2O2. The Labute approximate surface area is 160 Å². The predicted molar refractivity (Wildman–Crippen MR) is 107 cm³/mol. The largest absolute Gasteiger partial charge is 0.494 e. The molecule has 0 amide bonds. The van der Waals surface area contributed by atoms with Gasteiger partial charge in [0.25, 0.3) is 0 Å². The molecule has 2 N–H and O–H groups in total. The molecule has 3 rings (SSSR count). The first kappa shape index (κ1) is 19.8. The molecule has 0 spiro atoms. The number of hydrogen-bond donors (Lipinski definition) is 1. The molecule has 4 nitrogen and oxygen atoms in total. The Hall–Kier alpha value is -2.56. The van der Waals surface area contributed by atoms with Gasteiger partial charge in [0, 0.05) is 29.9 Å². The molecule has 0 bridgehead atoms. The summed E-state index contributed by atoms with van der Waals surface area (Å²) in [5, 5.41) is 0. The number of ether oxygens (including phenoxy) is 2.